The molecule has 0 spiro atoms. The van der Waals surface area contributed by atoms with Crippen molar-refractivity contribution in [2.75, 3.05) is 20.3 Å². The van der Waals surface area contributed by atoms with Crippen LogP contribution in [0, 0.1) is 11.8 Å². The van der Waals surface area contributed by atoms with E-state index in [-0.39, 0.29) is 42.7 Å². The molecule has 0 saturated carbocycles. The molecule has 1 rings (SSSR count). The zero-order valence-electron chi connectivity index (χ0n) is 28.7. The highest BCUT2D eigenvalue weighted by atomic mass is 28.4. The molecule has 1 aliphatic rings. The second-order valence-corrected chi connectivity index (χ2v) is 17.6. The van der Waals surface area contributed by atoms with Gasteiger partial charge in [-0.05, 0) is 89.4 Å². The van der Waals surface area contributed by atoms with Crippen LogP contribution in [-0.2, 0) is 23.4 Å². The number of carbonyl (C=O) groups is 1. The highest BCUT2D eigenvalue weighted by Gasteiger charge is 2.37. The van der Waals surface area contributed by atoms with E-state index < -0.39 is 14.4 Å². The zero-order valence-corrected chi connectivity index (χ0v) is 29.7. The van der Waals surface area contributed by atoms with Crippen LogP contribution in [0.2, 0.25) is 18.1 Å². The monoisotopic (exact) mass is 609 g/mol. The van der Waals surface area contributed by atoms with E-state index in [1.165, 1.54) is 5.57 Å². The number of methoxy groups -OCH3 is 1. The van der Waals surface area contributed by atoms with Gasteiger partial charge in [0.1, 0.15) is 12.7 Å². The molecule has 0 aromatic heterocycles. The van der Waals surface area contributed by atoms with Crippen molar-refractivity contribution in [3.63, 3.8) is 0 Å². The van der Waals surface area contributed by atoms with Gasteiger partial charge in [0.05, 0.1) is 30.0 Å². The van der Waals surface area contributed by atoms with Gasteiger partial charge in [-0.2, -0.15) is 0 Å². The van der Waals surface area contributed by atoms with Gasteiger partial charge in [-0.1, -0.05) is 65.5 Å². The third-order valence-corrected chi connectivity index (χ3v) is 13.5. The lowest BCUT2D eigenvalue weighted by Gasteiger charge is -2.39. The van der Waals surface area contributed by atoms with Crippen LogP contribution in [0.25, 0.3) is 0 Å². The Kier molecular flexibility index (Phi) is 17.5. The first kappa shape index (κ1) is 38.6. The van der Waals surface area contributed by atoms with Crippen molar-refractivity contribution in [2.45, 2.75) is 143 Å². The Morgan fingerprint density at radius 2 is 1.76 bits per heavy atom. The molecule has 0 radical (unpaired) electrons. The molecule has 0 aliphatic carbocycles. The fourth-order valence-corrected chi connectivity index (χ4v) is 9.20. The first-order valence-corrected chi connectivity index (χ1v) is 18.7. The molecule has 1 heterocycles. The highest BCUT2D eigenvalue weighted by Crippen LogP contribution is 2.31. The van der Waals surface area contributed by atoms with Crippen LogP contribution in [0.4, 0.5) is 4.79 Å². The van der Waals surface area contributed by atoms with E-state index in [1.54, 1.807) is 13.2 Å². The number of rotatable bonds is 19. The summed E-state index contributed by atoms with van der Waals surface area (Å²) in [6, 6.07) is 3.36. The van der Waals surface area contributed by atoms with Crippen LogP contribution in [0.1, 0.15) is 88.5 Å². The Morgan fingerprint density at radius 1 is 1.12 bits per heavy atom. The van der Waals surface area contributed by atoms with Gasteiger partial charge in [0.25, 0.3) is 0 Å². The normalized spacial score (nSPS) is 23.3. The van der Waals surface area contributed by atoms with Crippen molar-refractivity contribution in [1.82, 2.24) is 5.32 Å². The lowest BCUT2D eigenvalue weighted by Crippen LogP contribution is -2.48. The topological polar surface area (TPSA) is 75.3 Å². The van der Waals surface area contributed by atoms with Crippen molar-refractivity contribution in [2.24, 2.45) is 11.8 Å². The van der Waals surface area contributed by atoms with Crippen LogP contribution in [0.5, 0.6) is 0 Å². The van der Waals surface area contributed by atoms with E-state index >= 15 is 0 Å². The number of allylic oxidation sites excluding steroid dienone is 3. The summed E-state index contributed by atoms with van der Waals surface area (Å²) in [4.78, 5) is 11.8. The van der Waals surface area contributed by atoms with Gasteiger partial charge >= 0.3 is 6.09 Å². The molecule has 7 nitrogen and oxygen atoms in total. The van der Waals surface area contributed by atoms with Crippen molar-refractivity contribution in [3.05, 3.63) is 36.5 Å². The van der Waals surface area contributed by atoms with Gasteiger partial charge in [-0.3, -0.25) is 0 Å². The molecular formula is C34H63NO6Si. The molecule has 42 heavy (non-hydrogen) atoms. The van der Waals surface area contributed by atoms with Crippen LogP contribution in [-0.4, -0.2) is 70.8 Å². The molecule has 1 fully saturated rings. The first-order chi connectivity index (χ1) is 19.8. The maximum atomic E-state index is 11.8. The third kappa shape index (κ3) is 13.0. The number of alkyl carbamates (subject to hydrolysis) is 1. The fourth-order valence-electron chi connectivity index (χ4n) is 6.28. The minimum absolute atomic E-state index is 0.0106. The Bertz CT molecular complexity index is 847. The van der Waals surface area contributed by atoms with Crippen LogP contribution in [0.3, 0.4) is 0 Å². The predicted octanol–water partition coefficient (Wildman–Crippen LogP) is 8.22. The number of ether oxygens (including phenoxy) is 4. The van der Waals surface area contributed by atoms with E-state index in [0.29, 0.717) is 18.4 Å². The molecule has 0 aromatic carbocycles. The number of nitrogens with one attached hydrogen (secondary N) is 1. The molecular weight excluding hydrogens is 546 g/mol. The van der Waals surface area contributed by atoms with E-state index in [9.17, 15) is 4.79 Å². The van der Waals surface area contributed by atoms with Gasteiger partial charge in [0, 0.05) is 13.7 Å². The van der Waals surface area contributed by atoms with E-state index in [4.69, 9.17) is 23.4 Å². The summed E-state index contributed by atoms with van der Waals surface area (Å²) in [6.07, 6.45) is 10.3. The Hall–Kier alpha value is -1.45. The molecule has 2 unspecified atom stereocenters. The van der Waals surface area contributed by atoms with Gasteiger partial charge in [0.15, 0.2) is 8.32 Å². The van der Waals surface area contributed by atoms with Crippen LogP contribution < -0.4 is 5.32 Å². The van der Waals surface area contributed by atoms with Gasteiger partial charge in [-0.25, -0.2) is 4.79 Å². The quantitative estimate of drug-likeness (QED) is 0.0903. The molecule has 1 aliphatic heterocycles. The average molecular weight is 610 g/mol. The molecule has 1 saturated heterocycles. The summed E-state index contributed by atoms with van der Waals surface area (Å²) in [7, 11) is 0.0295. The highest BCUT2D eigenvalue weighted by molar-refractivity contribution is 6.73. The summed E-state index contributed by atoms with van der Waals surface area (Å²) in [5.41, 5.74) is 0.873. The third-order valence-electron chi connectivity index (χ3n) is 8.74. The van der Waals surface area contributed by atoms with Crippen molar-refractivity contribution < 1.29 is 28.2 Å². The first-order valence-electron chi connectivity index (χ1n) is 16.2. The maximum Gasteiger partial charge on any atom is 0.407 e. The molecule has 244 valence electrons. The SMILES string of the molecule is C=CCOC(=O)NC[C@H]1CC[C@H](C)[C@@H](/C(C)=C/C=C/[C@@H](C)CC(C)(C)OC(C)[C@@H](OC)C(C)O[Si](CC)(CC)CC)O1. The minimum Gasteiger partial charge on any atom is -0.445 e. The van der Waals surface area contributed by atoms with Crippen molar-refractivity contribution in [3.8, 4) is 0 Å². The standard InChI is InChI=1S/C34H63NO6Si/c1-13-22-38-33(36)35-24-30-21-20-27(7)31(39-30)26(6)19-17-18-25(5)23-34(10,11)40-28(8)32(37-12)29(9)41-42(14-2,15-3)16-4/h13,17-19,25,27-32H,1,14-16,20-24H2,2-12H3,(H,35,36)/b18-17+,26-19+/t25-,27+,28?,29?,30-,31-,32-/m1/s1. The van der Waals surface area contributed by atoms with Gasteiger partial charge < -0.3 is 28.7 Å². The second kappa shape index (κ2) is 19.0. The molecule has 1 N–H and O–H groups in total. The Balaban J connectivity index is 2.70. The van der Waals surface area contributed by atoms with Gasteiger partial charge in [0.2, 0.25) is 0 Å². The second-order valence-electron chi connectivity index (χ2n) is 12.8. The van der Waals surface area contributed by atoms with Crippen molar-refractivity contribution >= 4 is 14.4 Å². The molecule has 7 atom stereocenters. The summed E-state index contributed by atoms with van der Waals surface area (Å²) in [5, 5.41) is 2.80. The summed E-state index contributed by atoms with van der Waals surface area (Å²) in [6.45, 7) is 26.1. The Morgan fingerprint density at radius 3 is 2.33 bits per heavy atom. The van der Waals surface area contributed by atoms with Crippen LogP contribution in [0.15, 0.2) is 36.5 Å². The molecule has 8 heteroatoms. The van der Waals surface area contributed by atoms with E-state index in [2.05, 4.69) is 99.4 Å². The molecule has 0 aromatic rings. The zero-order chi connectivity index (χ0) is 31.9. The fraction of sp³-hybridized carbons (Fsp3) is 0.794. The summed E-state index contributed by atoms with van der Waals surface area (Å²) in [5.74, 6) is 0.749. The average Bonchev–Trinajstić information content (AvgIpc) is 2.94. The number of hydrogen-bond acceptors (Lipinski definition) is 6. The smallest absolute Gasteiger partial charge is 0.407 e. The molecule has 0 bridgehead atoms. The largest absolute Gasteiger partial charge is 0.445 e. The minimum atomic E-state index is -1.73. The van der Waals surface area contributed by atoms with E-state index in [1.807, 2.05) is 0 Å². The number of amides is 1. The van der Waals surface area contributed by atoms with Gasteiger partial charge in [-0.15, -0.1) is 0 Å². The summed E-state index contributed by atoms with van der Waals surface area (Å²) >= 11 is 0. The lowest BCUT2D eigenvalue weighted by molar-refractivity contribution is -0.147. The molecule has 1 amide bonds. The lowest BCUT2D eigenvalue weighted by atomic mass is 9.89. The van der Waals surface area contributed by atoms with Crippen LogP contribution >= 0.6 is 0 Å². The predicted molar refractivity (Wildman–Crippen MR) is 176 cm³/mol. The summed E-state index contributed by atoms with van der Waals surface area (Å²) < 4.78 is 30.6. The maximum absolute atomic E-state index is 11.8. The Labute approximate surface area is 258 Å². The van der Waals surface area contributed by atoms with Crippen molar-refractivity contribution in [1.29, 1.82) is 0 Å². The number of carbonyl (C=O) groups excluding carboxylic acids is 1. The number of hydrogen-bond donors (Lipinski definition) is 1. The van der Waals surface area contributed by atoms with E-state index in [0.717, 1.165) is 37.4 Å².